The minimum absolute atomic E-state index is 0.373. The molecule has 2 atom stereocenters. The summed E-state index contributed by atoms with van der Waals surface area (Å²) in [6.45, 7) is 8.23. The smallest absolute Gasteiger partial charge is 0.0593 e. The van der Waals surface area contributed by atoms with E-state index in [1.54, 1.807) is 0 Å². The predicted molar refractivity (Wildman–Crippen MR) is 59.4 cm³/mol. The van der Waals surface area contributed by atoms with Crippen LogP contribution < -0.4 is 5.73 Å². The van der Waals surface area contributed by atoms with Crippen molar-refractivity contribution in [3.63, 3.8) is 0 Å². The summed E-state index contributed by atoms with van der Waals surface area (Å²) in [5, 5.41) is 0. The normalized spacial score (nSPS) is 29.4. The third kappa shape index (κ3) is 3.95. The van der Waals surface area contributed by atoms with Gasteiger partial charge in [-0.1, -0.05) is 6.92 Å². The first-order valence-corrected chi connectivity index (χ1v) is 5.81. The van der Waals surface area contributed by atoms with Crippen molar-refractivity contribution in [2.75, 3.05) is 26.3 Å². The molecule has 84 valence electrons. The topological polar surface area (TPSA) is 38.5 Å². The molecule has 3 heteroatoms. The second kappa shape index (κ2) is 6.38. The lowest BCUT2D eigenvalue weighted by molar-refractivity contribution is 0.0718. The Morgan fingerprint density at radius 3 is 2.86 bits per heavy atom. The van der Waals surface area contributed by atoms with Gasteiger partial charge in [0.05, 0.1) is 6.61 Å². The van der Waals surface area contributed by atoms with E-state index in [2.05, 4.69) is 18.7 Å². The molecule has 1 heterocycles. The largest absolute Gasteiger partial charge is 0.380 e. The summed E-state index contributed by atoms with van der Waals surface area (Å²) in [4.78, 5) is 2.45. The van der Waals surface area contributed by atoms with Crippen LogP contribution in [0.15, 0.2) is 0 Å². The molecular formula is C11H24N2O. The van der Waals surface area contributed by atoms with Crippen LogP contribution in [0.3, 0.4) is 0 Å². The molecule has 0 radical (unpaired) electrons. The number of rotatable bonds is 5. The first kappa shape index (κ1) is 12.0. The fourth-order valence-electron chi connectivity index (χ4n) is 1.95. The van der Waals surface area contributed by atoms with Gasteiger partial charge in [0, 0.05) is 31.8 Å². The fourth-order valence-corrected chi connectivity index (χ4v) is 1.95. The molecule has 1 aliphatic rings. The van der Waals surface area contributed by atoms with Gasteiger partial charge in [0.1, 0.15) is 0 Å². The summed E-state index contributed by atoms with van der Waals surface area (Å²) in [5.41, 5.74) is 5.94. The second-order valence-electron chi connectivity index (χ2n) is 4.29. The van der Waals surface area contributed by atoms with E-state index >= 15 is 0 Å². The van der Waals surface area contributed by atoms with Crippen LogP contribution in [0.25, 0.3) is 0 Å². The van der Waals surface area contributed by atoms with Gasteiger partial charge >= 0.3 is 0 Å². The molecule has 0 aromatic heterocycles. The lowest BCUT2D eigenvalue weighted by atomic mass is 10.0. The molecular weight excluding hydrogens is 176 g/mol. The van der Waals surface area contributed by atoms with Crippen molar-refractivity contribution >= 4 is 0 Å². The Balaban J connectivity index is 2.14. The highest BCUT2D eigenvalue weighted by molar-refractivity contribution is 4.80. The highest BCUT2D eigenvalue weighted by Gasteiger charge is 2.22. The summed E-state index contributed by atoms with van der Waals surface area (Å²) in [6.07, 6.45) is 3.51. The van der Waals surface area contributed by atoms with Gasteiger partial charge in [0.25, 0.3) is 0 Å². The number of hydrogen-bond acceptors (Lipinski definition) is 3. The highest BCUT2D eigenvalue weighted by atomic mass is 16.5. The van der Waals surface area contributed by atoms with E-state index in [0.29, 0.717) is 12.1 Å². The lowest BCUT2D eigenvalue weighted by Gasteiger charge is -2.36. The molecule has 2 unspecified atom stereocenters. The zero-order valence-electron chi connectivity index (χ0n) is 9.54. The van der Waals surface area contributed by atoms with Crippen molar-refractivity contribution in [2.24, 2.45) is 5.73 Å². The monoisotopic (exact) mass is 200 g/mol. The summed E-state index contributed by atoms with van der Waals surface area (Å²) < 4.78 is 5.49. The maximum atomic E-state index is 5.94. The van der Waals surface area contributed by atoms with Crippen LogP contribution in [-0.2, 0) is 4.74 Å². The van der Waals surface area contributed by atoms with Gasteiger partial charge in [-0.3, -0.25) is 4.90 Å². The van der Waals surface area contributed by atoms with E-state index in [1.807, 2.05) is 0 Å². The minimum Gasteiger partial charge on any atom is -0.380 e. The standard InChI is InChI=1S/C11H24N2O/c1-3-7-14-8-6-13-9-11(12)5-4-10(13)2/h10-11H,3-9,12H2,1-2H3. The first-order valence-electron chi connectivity index (χ1n) is 5.81. The van der Waals surface area contributed by atoms with Crippen molar-refractivity contribution in [3.8, 4) is 0 Å². The molecule has 14 heavy (non-hydrogen) atoms. The molecule has 1 saturated heterocycles. The maximum absolute atomic E-state index is 5.94. The zero-order valence-corrected chi connectivity index (χ0v) is 9.54. The van der Waals surface area contributed by atoms with Gasteiger partial charge in [-0.05, 0) is 26.2 Å². The van der Waals surface area contributed by atoms with Crippen LogP contribution in [0.2, 0.25) is 0 Å². The first-order chi connectivity index (χ1) is 6.74. The maximum Gasteiger partial charge on any atom is 0.0593 e. The Labute approximate surface area is 87.6 Å². The van der Waals surface area contributed by atoms with Gasteiger partial charge in [-0.25, -0.2) is 0 Å². The molecule has 3 nitrogen and oxygen atoms in total. The molecule has 0 bridgehead atoms. The number of ether oxygens (including phenoxy) is 1. The molecule has 1 aliphatic heterocycles. The second-order valence-corrected chi connectivity index (χ2v) is 4.29. The van der Waals surface area contributed by atoms with Crippen LogP contribution >= 0.6 is 0 Å². The Morgan fingerprint density at radius 2 is 2.14 bits per heavy atom. The molecule has 0 aromatic carbocycles. The Morgan fingerprint density at radius 1 is 1.36 bits per heavy atom. The number of nitrogens with two attached hydrogens (primary N) is 1. The van der Waals surface area contributed by atoms with Gasteiger partial charge in [-0.2, -0.15) is 0 Å². The summed E-state index contributed by atoms with van der Waals surface area (Å²) >= 11 is 0. The van der Waals surface area contributed by atoms with E-state index in [1.165, 1.54) is 12.8 Å². The van der Waals surface area contributed by atoms with E-state index in [9.17, 15) is 0 Å². The van der Waals surface area contributed by atoms with Crippen LogP contribution in [0.5, 0.6) is 0 Å². The summed E-state index contributed by atoms with van der Waals surface area (Å²) in [5.74, 6) is 0. The lowest BCUT2D eigenvalue weighted by Crippen LogP contribution is -2.48. The van der Waals surface area contributed by atoms with Gasteiger partial charge < -0.3 is 10.5 Å². The van der Waals surface area contributed by atoms with Crippen LogP contribution in [0.4, 0.5) is 0 Å². The van der Waals surface area contributed by atoms with Crippen LogP contribution in [0.1, 0.15) is 33.1 Å². The molecule has 1 rings (SSSR count). The van der Waals surface area contributed by atoms with E-state index in [4.69, 9.17) is 10.5 Å². The zero-order chi connectivity index (χ0) is 10.4. The summed E-state index contributed by atoms with van der Waals surface area (Å²) in [7, 11) is 0. The third-order valence-corrected chi connectivity index (χ3v) is 2.92. The number of piperidine rings is 1. The molecule has 0 saturated carbocycles. The highest BCUT2D eigenvalue weighted by Crippen LogP contribution is 2.15. The Hall–Kier alpha value is -0.120. The van der Waals surface area contributed by atoms with Crippen molar-refractivity contribution < 1.29 is 4.74 Å². The van der Waals surface area contributed by atoms with Crippen molar-refractivity contribution in [3.05, 3.63) is 0 Å². The fraction of sp³-hybridized carbons (Fsp3) is 1.00. The van der Waals surface area contributed by atoms with Crippen molar-refractivity contribution in [1.82, 2.24) is 4.90 Å². The van der Waals surface area contributed by atoms with Gasteiger partial charge in [-0.15, -0.1) is 0 Å². The number of likely N-dealkylation sites (tertiary alicyclic amines) is 1. The molecule has 1 fully saturated rings. The van der Waals surface area contributed by atoms with Crippen molar-refractivity contribution in [2.45, 2.75) is 45.2 Å². The molecule has 0 spiro atoms. The van der Waals surface area contributed by atoms with Gasteiger partial charge in [0.2, 0.25) is 0 Å². The average molecular weight is 200 g/mol. The minimum atomic E-state index is 0.373. The quantitative estimate of drug-likeness (QED) is 0.678. The summed E-state index contributed by atoms with van der Waals surface area (Å²) in [6, 6.07) is 1.05. The number of hydrogen-bond donors (Lipinski definition) is 1. The molecule has 2 N–H and O–H groups in total. The van der Waals surface area contributed by atoms with E-state index in [0.717, 1.165) is 32.7 Å². The SMILES string of the molecule is CCCOCCN1CC(N)CCC1C. The van der Waals surface area contributed by atoms with Gasteiger partial charge in [0.15, 0.2) is 0 Å². The Bertz CT molecular complexity index is 152. The number of nitrogens with zero attached hydrogens (tertiary/aromatic N) is 1. The van der Waals surface area contributed by atoms with E-state index in [-0.39, 0.29) is 0 Å². The van der Waals surface area contributed by atoms with Crippen molar-refractivity contribution in [1.29, 1.82) is 0 Å². The predicted octanol–water partition coefficient (Wildman–Crippen LogP) is 1.22. The molecule has 0 aliphatic carbocycles. The third-order valence-electron chi connectivity index (χ3n) is 2.92. The average Bonchev–Trinajstić information content (AvgIpc) is 2.18. The Kier molecular flexibility index (Phi) is 5.45. The van der Waals surface area contributed by atoms with E-state index < -0.39 is 0 Å². The van der Waals surface area contributed by atoms with Crippen LogP contribution in [-0.4, -0.2) is 43.3 Å². The molecule has 0 amide bonds. The molecule has 0 aromatic rings. The van der Waals surface area contributed by atoms with Crippen LogP contribution in [0, 0.1) is 0 Å².